The van der Waals surface area contributed by atoms with Crippen LogP contribution in [0.1, 0.15) is 18.1 Å². The van der Waals surface area contributed by atoms with Crippen molar-refractivity contribution in [2.45, 2.75) is 6.92 Å². The highest BCUT2D eigenvalue weighted by Gasteiger charge is 2.50. The molecule has 2 nitrogen and oxygen atoms in total. The Morgan fingerprint density at radius 3 is 1.23 bits per heavy atom. The first-order valence-corrected chi connectivity index (χ1v) is 30.6. The molecular formula is C73H52N2Si2. The molecule has 0 N–H and O–H groups in total. The molecule has 12 aromatic rings. The second kappa shape index (κ2) is 18.8. The van der Waals surface area contributed by atoms with Gasteiger partial charge in [-0.25, -0.2) is 4.98 Å². The fourth-order valence-corrected chi connectivity index (χ4v) is 23.2. The minimum absolute atomic E-state index is 0.823. The van der Waals surface area contributed by atoms with Crippen LogP contribution in [-0.2, 0) is 0 Å². The molecule has 0 saturated heterocycles. The maximum Gasteiger partial charge on any atom is 0.180 e. The summed E-state index contributed by atoms with van der Waals surface area (Å²) in [6, 6.07) is 104. The number of benzene rings is 11. The summed E-state index contributed by atoms with van der Waals surface area (Å²) in [4.78, 5) is 10.7. The fourth-order valence-electron chi connectivity index (χ4n) is 12.9. The normalized spacial score (nSPS) is 13.6. The summed E-state index contributed by atoms with van der Waals surface area (Å²) in [5, 5.41) is 12.5. The molecule has 14 rings (SSSR count). The van der Waals surface area contributed by atoms with Crippen LogP contribution in [0.4, 0.5) is 5.69 Å². The van der Waals surface area contributed by atoms with E-state index >= 15 is 0 Å². The molecule has 1 aromatic heterocycles. The average Bonchev–Trinajstić information content (AvgIpc) is 4.22. The van der Waals surface area contributed by atoms with Gasteiger partial charge in [0.05, 0.1) is 16.9 Å². The lowest BCUT2D eigenvalue weighted by Gasteiger charge is -2.31. The van der Waals surface area contributed by atoms with Gasteiger partial charge < -0.3 is 0 Å². The molecule has 0 bridgehead atoms. The lowest BCUT2D eigenvalue weighted by atomic mass is 9.98. The van der Waals surface area contributed by atoms with Gasteiger partial charge in [0.15, 0.2) is 16.1 Å². The van der Waals surface area contributed by atoms with Crippen LogP contribution in [0.3, 0.4) is 0 Å². The van der Waals surface area contributed by atoms with Crippen molar-refractivity contribution in [3.8, 4) is 55.8 Å². The van der Waals surface area contributed by atoms with Gasteiger partial charge in [0.25, 0.3) is 0 Å². The molecule has 4 heteroatoms. The second-order valence-corrected chi connectivity index (χ2v) is 27.9. The van der Waals surface area contributed by atoms with Crippen molar-refractivity contribution in [2.75, 3.05) is 0 Å². The summed E-state index contributed by atoms with van der Waals surface area (Å²) in [6.07, 6.45) is 1.89. The minimum Gasteiger partial charge on any atom is -0.250 e. The molecule has 0 aliphatic carbocycles. The van der Waals surface area contributed by atoms with E-state index < -0.39 is 16.1 Å². The summed E-state index contributed by atoms with van der Waals surface area (Å²) in [5.41, 5.74) is 16.6. The number of nitrogens with zero attached hydrogens (tertiary/aromatic N) is 2. The van der Waals surface area contributed by atoms with Crippen molar-refractivity contribution in [1.29, 1.82) is 0 Å². The zero-order valence-electron chi connectivity index (χ0n) is 42.7. The first-order chi connectivity index (χ1) is 38.0. The largest absolute Gasteiger partial charge is 0.250 e. The molecule has 0 saturated carbocycles. The third-order valence-electron chi connectivity index (χ3n) is 16.4. The molecule has 2 aliphatic heterocycles. The molecule has 77 heavy (non-hydrogen) atoms. The number of aliphatic imine (C=N–C) groups is 1. The molecule has 0 fully saturated rings. The lowest BCUT2D eigenvalue weighted by molar-refractivity contribution is 1.37. The number of aromatic nitrogens is 1. The summed E-state index contributed by atoms with van der Waals surface area (Å²) < 4.78 is 0. The topological polar surface area (TPSA) is 25.2 Å². The number of hydrogen-bond acceptors (Lipinski definition) is 2. The molecule has 362 valence electrons. The van der Waals surface area contributed by atoms with Crippen molar-refractivity contribution in [1.82, 2.24) is 4.98 Å². The SMILES string of the molecule is C=Cc1ccc2ccc(-c3ccc(-c4ccc5c(c4)-c4ccccc4[Si]5(c4ccccc4)c4ccccc4)cc3)nc2c1N=C(C)c1ccc(-c2ccc3c(c2)-c2ccccc2[Si]3(c2ccccc2)c2ccccc2)cc1. The van der Waals surface area contributed by atoms with Crippen LogP contribution in [0.25, 0.3) is 72.7 Å². The summed E-state index contributed by atoms with van der Waals surface area (Å²) in [5.74, 6) is 0. The Bertz CT molecular complexity index is 4190. The molecule has 0 atom stereocenters. The second-order valence-electron chi connectivity index (χ2n) is 20.4. The number of fused-ring (bicyclic) bond motifs is 7. The van der Waals surface area contributed by atoms with Gasteiger partial charge in [0.2, 0.25) is 0 Å². The Kier molecular flexibility index (Phi) is 11.3. The van der Waals surface area contributed by atoms with E-state index in [0.717, 1.165) is 44.7 Å². The monoisotopic (exact) mass is 1010 g/mol. The first kappa shape index (κ1) is 46.2. The zero-order valence-corrected chi connectivity index (χ0v) is 44.7. The number of hydrogen-bond donors (Lipinski definition) is 0. The van der Waals surface area contributed by atoms with Gasteiger partial charge in [-0.05, 0) is 117 Å². The number of pyridine rings is 1. The van der Waals surface area contributed by atoms with Crippen LogP contribution in [0.2, 0.25) is 0 Å². The van der Waals surface area contributed by atoms with Crippen molar-refractivity contribution in [3.63, 3.8) is 0 Å². The zero-order chi connectivity index (χ0) is 51.5. The third-order valence-corrected chi connectivity index (χ3v) is 26.2. The van der Waals surface area contributed by atoms with E-state index in [1.54, 1.807) is 0 Å². The van der Waals surface area contributed by atoms with E-state index in [1.165, 1.54) is 86.0 Å². The average molecular weight is 1010 g/mol. The van der Waals surface area contributed by atoms with Crippen LogP contribution in [0.5, 0.6) is 0 Å². The molecule has 0 radical (unpaired) electrons. The molecule has 2 aliphatic rings. The van der Waals surface area contributed by atoms with Gasteiger partial charge in [0, 0.05) is 22.2 Å². The predicted molar refractivity (Wildman–Crippen MR) is 332 cm³/mol. The maximum absolute atomic E-state index is 5.35. The van der Waals surface area contributed by atoms with Gasteiger partial charge in [0.1, 0.15) is 0 Å². The molecule has 0 spiro atoms. The van der Waals surface area contributed by atoms with Crippen LogP contribution in [0.15, 0.2) is 291 Å². The Balaban J connectivity index is 0.775. The van der Waals surface area contributed by atoms with Crippen LogP contribution in [-0.4, -0.2) is 26.8 Å². The lowest BCUT2D eigenvalue weighted by Crippen LogP contribution is -2.72. The standard InChI is InChI=1S/C73H52N2Si2/c1-3-51-32-41-56-42-45-67(55-39-37-54(38-40-55)58-44-47-71-66(49-58)64-29-17-19-31-69(64)77(71,61-24-12-6-13-25-61)62-26-14-7-15-27-62)75-73(56)72(51)74-50(2)52-33-35-53(36-34-52)57-43-46-70-65(48-57)63-28-16-18-30-68(63)76(70,59-20-8-4-9-21-59)60-22-10-5-11-23-60/h3-49H,1H2,2H3. The Labute approximate surface area is 452 Å². The summed E-state index contributed by atoms with van der Waals surface area (Å²) >= 11 is 0. The first-order valence-electron chi connectivity index (χ1n) is 26.6. The van der Waals surface area contributed by atoms with Gasteiger partial charge in [-0.2, -0.15) is 0 Å². The van der Waals surface area contributed by atoms with Crippen molar-refractivity contribution in [2.24, 2.45) is 4.99 Å². The van der Waals surface area contributed by atoms with E-state index in [1.807, 2.05) is 6.08 Å². The van der Waals surface area contributed by atoms with Gasteiger partial charge in [-0.3, -0.25) is 4.99 Å². The molecule has 3 heterocycles. The quantitative estimate of drug-likeness (QED) is 0.0990. The Morgan fingerprint density at radius 1 is 0.377 bits per heavy atom. The van der Waals surface area contributed by atoms with Crippen LogP contribution in [0, 0.1) is 0 Å². The van der Waals surface area contributed by atoms with E-state index in [9.17, 15) is 0 Å². The highest BCUT2D eigenvalue weighted by Crippen LogP contribution is 2.37. The predicted octanol–water partition coefficient (Wildman–Crippen LogP) is 12.7. The van der Waals surface area contributed by atoms with E-state index in [-0.39, 0.29) is 0 Å². The van der Waals surface area contributed by atoms with Crippen molar-refractivity contribution in [3.05, 3.63) is 297 Å². The molecule has 0 amide bonds. The molecule has 11 aromatic carbocycles. The highest BCUT2D eigenvalue weighted by atomic mass is 28.3. The number of rotatable bonds is 10. The third kappa shape index (κ3) is 7.36. The minimum atomic E-state index is -2.54. The van der Waals surface area contributed by atoms with Gasteiger partial charge in [-0.1, -0.05) is 274 Å². The molecule has 0 unspecified atom stereocenters. The van der Waals surface area contributed by atoms with Gasteiger partial charge >= 0.3 is 0 Å². The van der Waals surface area contributed by atoms with Crippen molar-refractivity contribution < 1.29 is 0 Å². The van der Waals surface area contributed by atoms with E-state index in [4.69, 9.17) is 9.98 Å². The van der Waals surface area contributed by atoms with E-state index in [0.29, 0.717) is 0 Å². The Morgan fingerprint density at radius 2 is 0.766 bits per heavy atom. The summed E-state index contributed by atoms with van der Waals surface area (Å²) in [7, 11) is -5.07. The van der Waals surface area contributed by atoms with Crippen LogP contribution >= 0.6 is 0 Å². The highest BCUT2D eigenvalue weighted by molar-refractivity contribution is 7.23. The van der Waals surface area contributed by atoms with Gasteiger partial charge in [-0.15, -0.1) is 0 Å². The smallest absolute Gasteiger partial charge is 0.180 e. The maximum atomic E-state index is 5.35. The fraction of sp³-hybridized carbons (Fsp3) is 0.0137. The molecular weight excluding hydrogens is 961 g/mol. The van der Waals surface area contributed by atoms with Crippen LogP contribution < -0.4 is 41.5 Å². The summed E-state index contributed by atoms with van der Waals surface area (Å²) in [6.45, 7) is 6.30. The van der Waals surface area contributed by atoms with E-state index in [2.05, 4.69) is 293 Å². The Hall–Kier alpha value is -9.33. The van der Waals surface area contributed by atoms with Crippen molar-refractivity contribution >= 4 is 86.0 Å².